The number of nitrogens with zero attached hydrogens (tertiary/aromatic N) is 2. The molecule has 0 radical (unpaired) electrons. The van der Waals surface area contributed by atoms with Gasteiger partial charge in [0, 0.05) is 11.6 Å². The van der Waals surface area contributed by atoms with Crippen LogP contribution < -0.4 is 11.4 Å². The first-order chi connectivity index (χ1) is 7.63. The van der Waals surface area contributed by atoms with Gasteiger partial charge in [-0.25, -0.2) is 14.2 Å². The van der Waals surface area contributed by atoms with Crippen LogP contribution in [0.15, 0.2) is 38.4 Å². The number of benzene rings is 1. The molecule has 0 unspecified atom stereocenters. The Labute approximate surface area is 95.4 Å². The van der Waals surface area contributed by atoms with Gasteiger partial charge in [-0.2, -0.15) is 0 Å². The Hall–Kier alpha value is -1.75. The van der Waals surface area contributed by atoms with Gasteiger partial charge in [-0.15, -0.1) is 4.74 Å². The fraction of sp³-hybridized carbons (Fsp3) is 0.200. The molecule has 5 nitrogen and oxygen atoms in total. The third kappa shape index (κ3) is 1.69. The first-order valence-electron chi connectivity index (χ1n) is 4.72. The molecule has 0 aliphatic carbocycles. The smallest absolute Gasteiger partial charge is 0.312 e. The Kier molecular flexibility index (Phi) is 2.70. The second-order valence-corrected chi connectivity index (χ2v) is 3.59. The fourth-order valence-corrected chi connectivity index (χ4v) is 1.48. The van der Waals surface area contributed by atoms with Gasteiger partial charge in [0.2, 0.25) is 0 Å². The summed E-state index contributed by atoms with van der Waals surface area (Å²) in [4.78, 5) is 23.0. The van der Waals surface area contributed by atoms with Crippen molar-refractivity contribution in [2.24, 2.45) is 0 Å². The molecule has 0 spiro atoms. The number of hydrogen-bond acceptors (Lipinski definition) is 3. The largest absolute Gasteiger partial charge is 0.443 e. The van der Waals surface area contributed by atoms with E-state index in [1.807, 2.05) is 0 Å². The Bertz CT molecular complexity index is 606. The summed E-state index contributed by atoms with van der Waals surface area (Å²) in [5.41, 5.74) is -0.0199. The Morgan fingerprint density at radius 1 is 1.25 bits per heavy atom. The summed E-state index contributed by atoms with van der Waals surface area (Å²) in [6.45, 7) is 1.98. The predicted molar refractivity (Wildman–Crippen MR) is 59.2 cm³/mol. The normalized spacial score (nSPS) is 10.6. The van der Waals surface area contributed by atoms with E-state index in [0.717, 1.165) is 9.31 Å². The molecule has 2 rings (SSSR count). The maximum atomic E-state index is 11.7. The average Bonchev–Trinajstić information content (AvgIpc) is 2.55. The van der Waals surface area contributed by atoms with E-state index in [4.69, 9.17) is 16.1 Å². The molecule has 0 aliphatic rings. The molecule has 0 saturated heterocycles. The first-order valence-corrected chi connectivity index (χ1v) is 5.10. The first kappa shape index (κ1) is 10.8. The molecule has 0 saturated carbocycles. The van der Waals surface area contributed by atoms with E-state index in [-0.39, 0.29) is 6.54 Å². The lowest BCUT2D eigenvalue weighted by Crippen LogP contribution is -2.27. The molecule has 0 N–H and O–H groups in total. The second-order valence-electron chi connectivity index (χ2n) is 3.15. The van der Waals surface area contributed by atoms with Crippen molar-refractivity contribution in [1.82, 2.24) is 9.31 Å². The Morgan fingerprint density at radius 2 is 1.88 bits per heavy atom. The number of rotatable bonds is 2. The van der Waals surface area contributed by atoms with Crippen LogP contribution in [-0.2, 0) is 6.54 Å². The molecule has 16 heavy (non-hydrogen) atoms. The lowest BCUT2D eigenvalue weighted by molar-refractivity contribution is 0.311. The molecule has 1 heterocycles. The van der Waals surface area contributed by atoms with Gasteiger partial charge in [0.1, 0.15) is 0 Å². The molecule has 0 fully saturated rings. The Morgan fingerprint density at radius 3 is 2.38 bits per heavy atom. The van der Waals surface area contributed by atoms with Crippen LogP contribution in [0.2, 0.25) is 5.02 Å². The number of halogens is 1. The summed E-state index contributed by atoms with van der Waals surface area (Å²) >= 11 is 5.72. The topological polar surface area (TPSA) is 57.1 Å². The fourth-order valence-electron chi connectivity index (χ4n) is 1.36. The van der Waals surface area contributed by atoms with Crippen molar-refractivity contribution in [3.8, 4) is 5.69 Å². The summed E-state index contributed by atoms with van der Waals surface area (Å²) in [5, 5.41) is 0.550. The minimum Gasteiger partial charge on any atom is -0.312 e. The van der Waals surface area contributed by atoms with E-state index in [0.29, 0.717) is 10.7 Å². The third-order valence-corrected chi connectivity index (χ3v) is 2.42. The summed E-state index contributed by atoms with van der Waals surface area (Å²) in [6.07, 6.45) is 0. The highest BCUT2D eigenvalue weighted by Crippen LogP contribution is 2.11. The molecule has 1 aromatic carbocycles. The van der Waals surface area contributed by atoms with Crippen molar-refractivity contribution in [1.29, 1.82) is 0 Å². The maximum Gasteiger partial charge on any atom is 0.443 e. The zero-order valence-electron chi connectivity index (χ0n) is 8.51. The van der Waals surface area contributed by atoms with E-state index >= 15 is 0 Å². The monoisotopic (exact) mass is 240 g/mol. The van der Waals surface area contributed by atoms with E-state index in [2.05, 4.69) is 0 Å². The van der Waals surface area contributed by atoms with Gasteiger partial charge < -0.3 is 4.52 Å². The van der Waals surface area contributed by atoms with Crippen LogP contribution in [0.4, 0.5) is 0 Å². The van der Waals surface area contributed by atoms with E-state index in [9.17, 15) is 9.59 Å². The lowest BCUT2D eigenvalue weighted by atomic mass is 10.3. The molecule has 0 amide bonds. The van der Waals surface area contributed by atoms with Crippen LogP contribution in [0, 0.1) is 0 Å². The molecule has 0 bridgehead atoms. The van der Waals surface area contributed by atoms with E-state index in [1.165, 1.54) is 0 Å². The summed E-state index contributed by atoms with van der Waals surface area (Å²) in [6, 6.07) is 6.44. The summed E-state index contributed by atoms with van der Waals surface area (Å²) in [7, 11) is 0. The van der Waals surface area contributed by atoms with Gasteiger partial charge in [-0.3, -0.25) is 0 Å². The molecule has 2 aromatic rings. The molecular formula is C10H9ClN2O3. The van der Waals surface area contributed by atoms with Gasteiger partial charge in [-0.1, -0.05) is 11.6 Å². The van der Waals surface area contributed by atoms with Crippen molar-refractivity contribution >= 4 is 11.6 Å². The molecule has 84 valence electrons. The molecule has 0 aliphatic heterocycles. The quantitative estimate of drug-likeness (QED) is 0.794. The van der Waals surface area contributed by atoms with Crippen LogP contribution in [0.1, 0.15) is 6.92 Å². The average molecular weight is 241 g/mol. The van der Waals surface area contributed by atoms with Gasteiger partial charge in [0.15, 0.2) is 0 Å². The minimum absolute atomic E-state index is 0.280. The Balaban J connectivity index is 2.61. The number of aromatic nitrogens is 2. The van der Waals surface area contributed by atoms with Gasteiger partial charge in [-0.05, 0) is 31.2 Å². The molecule has 1 aromatic heterocycles. The van der Waals surface area contributed by atoms with Crippen LogP contribution in [0.25, 0.3) is 5.69 Å². The molecular weight excluding hydrogens is 232 g/mol. The highest BCUT2D eigenvalue weighted by Gasteiger charge is 2.11. The van der Waals surface area contributed by atoms with Crippen LogP contribution >= 0.6 is 11.6 Å². The van der Waals surface area contributed by atoms with Crippen molar-refractivity contribution < 1.29 is 4.52 Å². The predicted octanol–water partition coefficient (Wildman–Crippen LogP) is 1.27. The van der Waals surface area contributed by atoms with Crippen molar-refractivity contribution in [2.75, 3.05) is 0 Å². The number of hydrogen-bond donors (Lipinski definition) is 0. The minimum atomic E-state index is -0.664. The third-order valence-electron chi connectivity index (χ3n) is 2.17. The summed E-state index contributed by atoms with van der Waals surface area (Å²) < 4.78 is 6.79. The standard InChI is InChI=1S/C10H9ClN2O3/c1-2-12-9(14)13(16-10(12)15)8-5-3-7(11)4-6-8/h3-6H,2H2,1H3. The zero-order chi connectivity index (χ0) is 11.7. The van der Waals surface area contributed by atoms with Crippen molar-refractivity contribution in [3.63, 3.8) is 0 Å². The highest BCUT2D eigenvalue weighted by atomic mass is 35.5. The zero-order valence-corrected chi connectivity index (χ0v) is 9.27. The van der Waals surface area contributed by atoms with Crippen LogP contribution in [-0.4, -0.2) is 9.31 Å². The second kappa shape index (κ2) is 4.02. The lowest BCUT2D eigenvalue weighted by Gasteiger charge is -1.97. The maximum absolute atomic E-state index is 11.7. The van der Waals surface area contributed by atoms with Gasteiger partial charge >= 0.3 is 11.4 Å². The van der Waals surface area contributed by atoms with Gasteiger partial charge in [0.25, 0.3) is 0 Å². The van der Waals surface area contributed by atoms with Crippen LogP contribution in [0.5, 0.6) is 0 Å². The molecule has 6 heteroatoms. The van der Waals surface area contributed by atoms with Crippen molar-refractivity contribution in [3.05, 3.63) is 50.3 Å². The molecule has 0 atom stereocenters. The van der Waals surface area contributed by atoms with Crippen molar-refractivity contribution in [2.45, 2.75) is 13.5 Å². The van der Waals surface area contributed by atoms with E-state index in [1.54, 1.807) is 31.2 Å². The SMILES string of the molecule is CCn1c(=O)on(-c2ccc(Cl)cc2)c1=O. The van der Waals surface area contributed by atoms with Crippen LogP contribution in [0.3, 0.4) is 0 Å². The summed E-state index contributed by atoms with van der Waals surface area (Å²) in [5.74, 6) is -0.664. The van der Waals surface area contributed by atoms with E-state index < -0.39 is 11.4 Å². The van der Waals surface area contributed by atoms with Gasteiger partial charge in [0.05, 0.1) is 5.69 Å². The highest BCUT2D eigenvalue weighted by molar-refractivity contribution is 6.30.